The molecule has 0 aromatic carbocycles. The van der Waals surface area contributed by atoms with Crippen LogP contribution < -0.4 is 5.73 Å². The van der Waals surface area contributed by atoms with E-state index >= 15 is 0 Å². The van der Waals surface area contributed by atoms with Crippen LogP contribution in [0.5, 0.6) is 0 Å². The van der Waals surface area contributed by atoms with E-state index in [0.717, 1.165) is 12.0 Å². The summed E-state index contributed by atoms with van der Waals surface area (Å²) >= 11 is 0. The van der Waals surface area contributed by atoms with Crippen molar-refractivity contribution in [2.24, 2.45) is 23.0 Å². The van der Waals surface area contributed by atoms with Crippen molar-refractivity contribution in [1.29, 1.82) is 5.26 Å². The van der Waals surface area contributed by atoms with Crippen LogP contribution in [0.3, 0.4) is 0 Å². The van der Waals surface area contributed by atoms with E-state index in [-0.39, 0.29) is 29.8 Å². The predicted octanol–water partition coefficient (Wildman–Crippen LogP) is 1.76. The smallest absolute Gasteiger partial charge is 0.139 e. The van der Waals surface area contributed by atoms with Crippen LogP contribution in [-0.4, -0.2) is 34.6 Å². The average molecular weight is 334 g/mol. The molecule has 3 rings (SSSR count). The number of halogens is 1. The maximum atomic E-state index is 12.8. The van der Waals surface area contributed by atoms with Crippen molar-refractivity contribution in [2.45, 2.75) is 51.5 Å². The van der Waals surface area contributed by atoms with Gasteiger partial charge in [-0.25, -0.2) is 4.39 Å². The third kappa shape index (κ3) is 2.96. The minimum Gasteiger partial charge on any atom is -0.358 e. The third-order valence-corrected chi connectivity index (χ3v) is 5.14. The highest BCUT2D eigenvalue weighted by Crippen LogP contribution is 2.49. The third-order valence-electron chi connectivity index (χ3n) is 5.14. The molecule has 0 unspecified atom stereocenters. The molecule has 2 heterocycles. The van der Waals surface area contributed by atoms with E-state index in [9.17, 15) is 14.4 Å². The first-order valence-electron chi connectivity index (χ1n) is 8.28. The van der Waals surface area contributed by atoms with Crippen molar-refractivity contribution < 1.29 is 13.9 Å². The number of ketones is 1. The molecule has 6 nitrogen and oxygen atoms in total. The standard InChI is InChI=1S/C17H23FN4O2/c1-17(2)5-12(23)15-13(6-17)24-16(20)11(7-19)14(15)10-8-21-22(9-10)4-3-18/h8-9,11,13-16H,3-6,20H2,1-2H3/t11-,13-,14-,15+,16-/m0/s1. The SMILES string of the molecule is CC1(C)CC(=O)[C@H]2[C@@H](c3cnn(CCF)c3)[C@H](C#N)[C@@H](N)O[C@H]2C1. The van der Waals surface area contributed by atoms with Crippen LogP contribution in [0.4, 0.5) is 4.39 Å². The highest BCUT2D eigenvalue weighted by atomic mass is 19.1. The fourth-order valence-corrected chi connectivity index (χ4v) is 4.15. The Morgan fingerprint density at radius 1 is 1.54 bits per heavy atom. The summed E-state index contributed by atoms with van der Waals surface area (Å²) in [7, 11) is 0. The Bertz CT molecular complexity index is 666. The number of carbonyl (C=O) groups excluding carboxylic acids is 1. The molecule has 5 atom stereocenters. The van der Waals surface area contributed by atoms with E-state index < -0.39 is 24.7 Å². The van der Waals surface area contributed by atoms with Gasteiger partial charge in [0.15, 0.2) is 0 Å². The number of ether oxygens (including phenoxy) is 1. The van der Waals surface area contributed by atoms with Crippen LogP contribution in [0.15, 0.2) is 12.4 Å². The molecule has 1 aliphatic heterocycles. The van der Waals surface area contributed by atoms with Gasteiger partial charge in [0.05, 0.1) is 36.8 Å². The Kier molecular flexibility index (Phi) is 4.45. The zero-order valence-corrected chi connectivity index (χ0v) is 14.0. The molecule has 0 spiro atoms. The van der Waals surface area contributed by atoms with E-state index in [1.54, 1.807) is 12.4 Å². The van der Waals surface area contributed by atoms with Gasteiger partial charge >= 0.3 is 0 Å². The summed E-state index contributed by atoms with van der Waals surface area (Å²) in [5, 5.41) is 13.7. The zero-order valence-electron chi connectivity index (χ0n) is 14.0. The second-order valence-corrected chi connectivity index (χ2v) is 7.58. The molecule has 1 saturated heterocycles. The number of aromatic nitrogens is 2. The summed E-state index contributed by atoms with van der Waals surface area (Å²) in [6.07, 6.45) is 3.48. The lowest BCUT2D eigenvalue weighted by molar-refractivity contribution is -0.163. The number of aryl methyl sites for hydroxylation is 1. The van der Waals surface area contributed by atoms with E-state index in [4.69, 9.17) is 10.5 Å². The Morgan fingerprint density at radius 3 is 2.96 bits per heavy atom. The lowest BCUT2D eigenvalue weighted by atomic mass is 9.62. The Balaban J connectivity index is 1.98. The molecular weight excluding hydrogens is 311 g/mol. The fourth-order valence-electron chi connectivity index (χ4n) is 4.15. The lowest BCUT2D eigenvalue weighted by Gasteiger charge is -2.48. The first-order chi connectivity index (χ1) is 11.4. The highest BCUT2D eigenvalue weighted by Gasteiger charge is 2.53. The number of nitrogens with two attached hydrogens (primary N) is 1. The van der Waals surface area contributed by atoms with E-state index in [1.165, 1.54) is 4.68 Å². The molecule has 1 saturated carbocycles. The van der Waals surface area contributed by atoms with Gasteiger partial charge in [-0.1, -0.05) is 13.8 Å². The topological polar surface area (TPSA) is 93.9 Å². The monoisotopic (exact) mass is 334 g/mol. The minimum atomic E-state index is -0.743. The molecule has 130 valence electrons. The highest BCUT2D eigenvalue weighted by molar-refractivity contribution is 5.84. The van der Waals surface area contributed by atoms with Crippen molar-refractivity contribution >= 4 is 5.78 Å². The summed E-state index contributed by atoms with van der Waals surface area (Å²) in [6.45, 7) is 3.72. The number of hydrogen-bond donors (Lipinski definition) is 1. The number of carbonyl (C=O) groups is 1. The summed E-state index contributed by atoms with van der Waals surface area (Å²) in [6, 6.07) is 2.20. The molecule has 2 fully saturated rings. The number of fused-ring (bicyclic) bond motifs is 1. The molecular formula is C17H23FN4O2. The van der Waals surface area contributed by atoms with Crippen molar-refractivity contribution in [3.8, 4) is 6.07 Å². The quantitative estimate of drug-likeness (QED) is 0.909. The second kappa shape index (κ2) is 6.26. The van der Waals surface area contributed by atoms with Gasteiger partial charge in [-0.3, -0.25) is 9.48 Å². The molecule has 2 N–H and O–H groups in total. The van der Waals surface area contributed by atoms with Crippen LogP contribution in [0.2, 0.25) is 0 Å². The molecule has 0 radical (unpaired) electrons. The largest absolute Gasteiger partial charge is 0.358 e. The molecule has 7 heteroatoms. The molecule has 2 aliphatic rings. The summed E-state index contributed by atoms with van der Waals surface area (Å²) in [5.74, 6) is -1.28. The molecule has 24 heavy (non-hydrogen) atoms. The van der Waals surface area contributed by atoms with Gasteiger partial charge in [0.1, 0.15) is 18.7 Å². The number of nitriles is 1. The second-order valence-electron chi connectivity index (χ2n) is 7.58. The lowest BCUT2D eigenvalue weighted by Crippen LogP contribution is -2.56. The van der Waals surface area contributed by atoms with Gasteiger partial charge in [-0.15, -0.1) is 0 Å². The Labute approximate surface area is 140 Å². The zero-order chi connectivity index (χ0) is 17.5. The number of Topliss-reactive ketones (excluding diaryl/α,β-unsaturated/α-hetero) is 1. The molecule has 1 aliphatic carbocycles. The maximum Gasteiger partial charge on any atom is 0.139 e. The summed E-state index contributed by atoms with van der Waals surface area (Å²) in [4.78, 5) is 12.8. The number of nitrogens with zero attached hydrogens (tertiary/aromatic N) is 3. The molecule has 0 amide bonds. The van der Waals surface area contributed by atoms with Crippen LogP contribution in [0, 0.1) is 28.6 Å². The molecule has 1 aromatic heterocycles. The first kappa shape index (κ1) is 17.1. The average Bonchev–Trinajstić information content (AvgIpc) is 2.93. The van der Waals surface area contributed by atoms with Crippen LogP contribution >= 0.6 is 0 Å². The van der Waals surface area contributed by atoms with Crippen molar-refractivity contribution in [2.75, 3.05) is 6.67 Å². The van der Waals surface area contributed by atoms with Gasteiger partial charge in [-0.05, 0) is 17.4 Å². The van der Waals surface area contributed by atoms with Crippen LogP contribution in [0.25, 0.3) is 0 Å². The summed E-state index contributed by atoms with van der Waals surface area (Å²) < 4.78 is 19.9. The van der Waals surface area contributed by atoms with Crippen LogP contribution in [-0.2, 0) is 16.1 Å². The van der Waals surface area contributed by atoms with Gasteiger partial charge in [0, 0.05) is 18.5 Å². The van der Waals surface area contributed by atoms with Gasteiger partial charge < -0.3 is 10.5 Å². The molecule has 0 bridgehead atoms. The van der Waals surface area contributed by atoms with E-state index in [0.29, 0.717) is 6.42 Å². The normalized spacial score (nSPS) is 35.3. The maximum absolute atomic E-state index is 12.8. The molecule has 1 aromatic rings. The number of hydrogen-bond acceptors (Lipinski definition) is 5. The van der Waals surface area contributed by atoms with E-state index in [1.807, 2.05) is 13.8 Å². The number of alkyl halides is 1. The van der Waals surface area contributed by atoms with Crippen molar-refractivity contribution in [3.63, 3.8) is 0 Å². The Hall–Kier alpha value is -1.78. The minimum absolute atomic E-state index is 0.103. The van der Waals surface area contributed by atoms with Gasteiger partial charge in [0.2, 0.25) is 0 Å². The number of rotatable bonds is 3. The van der Waals surface area contributed by atoms with Gasteiger partial charge in [-0.2, -0.15) is 10.4 Å². The van der Waals surface area contributed by atoms with Gasteiger partial charge in [0.25, 0.3) is 0 Å². The predicted molar refractivity (Wildman–Crippen MR) is 84.4 cm³/mol. The fraction of sp³-hybridized carbons (Fsp3) is 0.706. The summed E-state index contributed by atoms with van der Waals surface area (Å²) in [5.41, 5.74) is 6.70. The van der Waals surface area contributed by atoms with E-state index in [2.05, 4.69) is 11.2 Å². The van der Waals surface area contributed by atoms with Crippen molar-refractivity contribution in [3.05, 3.63) is 18.0 Å². The van der Waals surface area contributed by atoms with Crippen molar-refractivity contribution in [1.82, 2.24) is 9.78 Å². The first-order valence-corrected chi connectivity index (χ1v) is 8.28. The van der Waals surface area contributed by atoms with Crippen LogP contribution in [0.1, 0.15) is 38.2 Å². The Morgan fingerprint density at radius 2 is 2.29 bits per heavy atom.